The van der Waals surface area contributed by atoms with Gasteiger partial charge in [-0.25, -0.2) is 13.4 Å². The van der Waals surface area contributed by atoms with Crippen molar-refractivity contribution >= 4 is 38.6 Å². The van der Waals surface area contributed by atoms with Crippen molar-refractivity contribution in [2.45, 2.75) is 63.1 Å². The van der Waals surface area contributed by atoms with Crippen LogP contribution in [-0.2, 0) is 26.0 Å². The first-order valence-electron chi connectivity index (χ1n) is 15.3. The molecule has 3 amide bonds. The molecule has 2 atom stereocenters. The van der Waals surface area contributed by atoms with E-state index in [2.05, 4.69) is 15.6 Å². The molecule has 4 N–H and O–H groups in total. The first kappa shape index (κ1) is 34.3. The Hall–Kier alpha value is -4.61. The summed E-state index contributed by atoms with van der Waals surface area (Å²) in [5.41, 5.74) is 5.50. The smallest absolute Gasteiger partial charge is 0.270 e. The monoisotopic (exact) mass is 643 g/mol. The third-order valence-electron chi connectivity index (χ3n) is 7.86. The number of nitrogens with two attached hydrogens (primary N) is 1. The van der Waals surface area contributed by atoms with E-state index < -0.39 is 45.9 Å². The lowest BCUT2D eigenvalue weighted by Crippen LogP contribution is -2.66. The Bertz CT molecular complexity index is 1770. The van der Waals surface area contributed by atoms with Crippen molar-refractivity contribution in [1.82, 2.24) is 19.9 Å². The molecule has 1 aromatic heterocycles. The Balaban J connectivity index is 1.75. The number of sulfonamides is 1. The number of fused-ring (bicyclic) bond motifs is 1. The number of nitrogens with zero attached hydrogens (tertiary/aromatic N) is 2. The van der Waals surface area contributed by atoms with Gasteiger partial charge in [-0.2, -0.15) is 4.31 Å². The zero-order valence-electron chi connectivity index (χ0n) is 26.3. The van der Waals surface area contributed by atoms with E-state index in [4.69, 9.17) is 5.73 Å². The van der Waals surface area contributed by atoms with E-state index in [1.807, 2.05) is 56.3 Å². The summed E-state index contributed by atoms with van der Waals surface area (Å²) in [5.74, 6) is -2.08. The number of rotatable bonds is 15. The molecular formula is C35H41N5O5S. The molecule has 11 heteroatoms. The average molecular weight is 644 g/mol. The minimum atomic E-state index is -4.14. The quantitative estimate of drug-likeness (QED) is 0.163. The second-order valence-corrected chi connectivity index (χ2v) is 13.6. The third-order valence-corrected chi connectivity index (χ3v) is 9.84. The second kappa shape index (κ2) is 15.1. The Morgan fingerprint density at radius 3 is 2.15 bits per heavy atom. The van der Waals surface area contributed by atoms with Crippen molar-refractivity contribution in [3.8, 4) is 0 Å². The Kier molecular flexibility index (Phi) is 11.3. The number of primary amides is 1. The molecule has 0 radical (unpaired) electrons. The standard InChI is InChI=1S/C35H41N5O5S/c1-4-35(24-26-13-7-5-8-14-26,40(22-21-25(2)3)46(44,45)28-16-9-6-10-17-28)39-34(43)31(23-32(36)41)38-33(42)30-20-19-27-15-11-12-18-29(27)37-30/h5-20,25,31H,4,21-24H2,1-3H3,(H2,36,41)(H,38,42)(H,39,43)/t31-,35-/m0/s1. The molecule has 4 rings (SSSR count). The van der Waals surface area contributed by atoms with Gasteiger partial charge in [-0.05, 0) is 48.6 Å². The van der Waals surface area contributed by atoms with Crippen molar-refractivity contribution < 1.29 is 22.8 Å². The minimum absolute atomic E-state index is 0.0530. The molecule has 0 saturated carbocycles. The predicted octanol–water partition coefficient (Wildman–Crippen LogP) is 4.41. The van der Waals surface area contributed by atoms with Gasteiger partial charge in [-0.1, -0.05) is 93.6 Å². The molecule has 10 nitrogen and oxygen atoms in total. The number of carbonyl (C=O) groups excluding carboxylic acids is 3. The molecule has 0 bridgehead atoms. The van der Waals surface area contributed by atoms with Crippen molar-refractivity contribution in [3.63, 3.8) is 0 Å². The largest absolute Gasteiger partial charge is 0.370 e. The van der Waals surface area contributed by atoms with Crippen LogP contribution in [0.15, 0.2) is 102 Å². The van der Waals surface area contributed by atoms with Gasteiger partial charge in [0.15, 0.2) is 0 Å². The zero-order chi connectivity index (χ0) is 33.3. The number of carbonyl (C=O) groups is 3. The maximum Gasteiger partial charge on any atom is 0.270 e. The van der Waals surface area contributed by atoms with E-state index in [-0.39, 0.29) is 35.9 Å². The molecule has 1 heterocycles. The fourth-order valence-corrected chi connectivity index (χ4v) is 7.13. The van der Waals surface area contributed by atoms with Gasteiger partial charge in [0.1, 0.15) is 17.4 Å². The number of benzene rings is 3. The summed E-state index contributed by atoms with van der Waals surface area (Å²) in [5, 5.41) is 6.44. The van der Waals surface area contributed by atoms with Crippen molar-refractivity contribution in [1.29, 1.82) is 0 Å². The van der Waals surface area contributed by atoms with Crippen LogP contribution in [0.2, 0.25) is 0 Å². The molecule has 46 heavy (non-hydrogen) atoms. The summed E-state index contributed by atoms with van der Waals surface area (Å²) in [4.78, 5) is 44.2. The number of amides is 3. The van der Waals surface area contributed by atoms with Gasteiger partial charge in [-0.3, -0.25) is 14.4 Å². The van der Waals surface area contributed by atoms with Crippen LogP contribution in [0.25, 0.3) is 10.9 Å². The van der Waals surface area contributed by atoms with Gasteiger partial charge in [0.25, 0.3) is 5.91 Å². The summed E-state index contributed by atoms with van der Waals surface area (Å²) in [6, 6.07) is 26.5. The average Bonchev–Trinajstić information content (AvgIpc) is 3.04. The molecule has 0 aliphatic carbocycles. The molecule has 4 aromatic rings. The van der Waals surface area contributed by atoms with Gasteiger partial charge in [0.2, 0.25) is 21.8 Å². The first-order valence-corrected chi connectivity index (χ1v) is 16.8. The molecular weight excluding hydrogens is 602 g/mol. The van der Waals surface area contributed by atoms with E-state index in [1.165, 1.54) is 22.5 Å². The molecule has 0 spiro atoms. The SMILES string of the molecule is CC[C@](Cc1ccccc1)(NC(=O)[C@H](CC(N)=O)NC(=O)c1ccc2ccccc2n1)N(CCC(C)C)S(=O)(=O)c1ccccc1. The number of pyridine rings is 1. The molecule has 3 aromatic carbocycles. The van der Waals surface area contributed by atoms with Crippen LogP contribution in [0, 0.1) is 5.92 Å². The molecule has 0 aliphatic rings. The van der Waals surface area contributed by atoms with Gasteiger partial charge >= 0.3 is 0 Å². The Morgan fingerprint density at radius 2 is 1.52 bits per heavy atom. The van der Waals surface area contributed by atoms with Crippen LogP contribution in [0.4, 0.5) is 0 Å². The fraction of sp³-hybridized carbons (Fsp3) is 0.314. The van der Waals surface area contributed by atoms with Gasteiger partial charge in [-0.15, -0.1) is 0 Å². The lowest BCUT2D eigenvalue weighted by molar-refractivity contribution is -0.129. The zero-order valence-corrected chi connectivity index (χ0v) is 27.2. The molecule has 0 aliphatic heterocycles. The van der Waals surface area contributed by atoms with Crippen molar-refractivity contribution in [2.24, 2.45) is 11.7 Å². The highest BCUT2D eigenvalue weighted by Gasteiger charge is 2.45. The van der Waals surface area contributed by atoms with Crippen LogP contribution >= 0.6 is 0 Å². The van der Waals surface area contributed by atoms with Crippen LogP contribution in [0.1, 0.15) is 56.1 Å². The van der Waals surface area contributed by atoms with E-state index in [0.717, 1.165) is 10.9 Å². The molecule has 0 fully saturated rings. The van der Waals surface area contributed by atoms with Crippen LogP contribution in [0.3, 0.4) is 0 Å². The van der Waals surface area contributed by atoms with Gasteiger partial charge in [0.05, 0.1) is 16.8 Å². The molecule has 242 valence electrons. The molecule has 0 saturated heterocycles. The number of para-hydroxylation sites is 1. The van der Waals surface area contributed by atoms with Crippen LogP contribution in [0.5, 0.6) is 0 Å². The number of hydrogen-bond acceptors (Lipinski definition) is 6. The van der Waals surface area contributed by atoms with Crippen molar-refractivity contribution in [2.75, 3.05) is 6.54 Å². The van der Waals surface area contributed by atoms with E-state index >= 15 is 0 Å². The third kappa shape index (κ3) is 8.35. The number of aromatic nitrogens is 1. The fourth-order valence-electron chi connectivity index (χ4n) is 5.33. The van der Waals surface area contributed by atoms with E-state index in [0.29, 0.717) is 11.9 Å². The Labute approximate surface area is 270 Å². The van der Waals surface area contributed by atoms with Gasteiger partial charge in [0, 0.05) is 18.4 Å². The lowest BCUT2D eigenvalue weighted by atomic mass is 9.95. The first-order chi connectivity index (χ1) is 21.9. The summed E-state index contributed by atoms with van der Waals surface area (Å²) in [6.45, 7) is 5.91. The predicted molar refractivity (Wildman–Crippen MR) is 178 cm³/mol. The van der Waals surface area contributed by atoms with E-state index in [1.54, 1.807) is 43.3 Å². The molecule has 0 unspecified atom stereocenters. The summed E-state index contributed by atoms with van der Waals surface area (Å²) >= 11 is 0. The Morgan fingerprint density at radius 1 is 0.891 bits per heavy atom. The highest BCUT2D eigenvalue weighted by Crippen LogP contribution is 2.31. The number of nitrogens with one attached hydrogen (secondary N) is 2. The van der Waals surface area contributed by atoms with Crippen LogP contribution in [-0.4, -0.2) is 53.7 Å². The van der Waals surface area contributed by atoms with Crippen molar-refractivity contribution in [3.05, 3.63) is 108 Å². The normalized spacial score (nSPS) is 13.7. The maximum absolute atomic E-state index is 14.4. The second-order valence-electron chi connectivity index (χ2n) is 11.7. The lowest BCUT2D eigenvalue weighted by Gasteiger charge is -2.44. The summed E-state index contributed by atoms with van der Waals surface area (Å²) in [7, 11) is -4.14. The van der Waals surface area contributed by atoms with E-state index in [9.17, 15) is 22.8 Å². The number of hydrogen-bond donors (Lipinski definition) is 3. The summed E-state index contributed by atoms with van der Waals surface area (Å²) in [6.07, 6.45) is 0.326. The highest BCUT2D eigenvalue weighted by atomic mass is 32.2. The maximum atomic E-state index is 14.4. The highest BCUT2D eigenvalue weighted by molar-refractivity contribution is 7.89. The van der Waals surface area contributed by atoms with Crippen LogP contribution < -0.4 is 16.4 Å². The topological polar surface area (TPSA) is 152 Å². The summed E-state index contributed by atoms with van der Waals surface area (Å²) < 4.78 is 30.1. The van der Waals surface area contributed by atoms with Gasteiger partial charge < -0.3 is 16.4 Å². The minimum Gasteiger partial charge on any atom is -0.370 e.